The van der Waals surface area contributed by atoms with Gasteiger partial charge in [0.15, 0.2) is 0 Å². The Morgan fingerprint density at radius 3 is 2.21 bits per heavy atom. The molecule has 0 aliphatic rings. The fraction of sp³-hybridized carbons (Fsp3) is 0.167. The van der Waals surface area contributed by atoms with E-state index >= 15 is 0 Å². The second-order valence-corrected chi connectivity index (χ2v) is 11.3. The molecule has 0 saturated carbocycles. The lowest BCUT2D eigenvalue weighted by molar-refractivity contribution is -0.111. The van der Waals surface area contributed by atoms with Gasteiger partial charge in [0.05, 0.1) is 16.3 Å². The number of benzene rings is 2. The summed E-state index contributed by atoms with van der Waals surface area (Å²) in [6.45, 7) is 5.26. The lowest BCUT2D eigenvalue weighted by Crippen LogP contribution is -2.27. The highest BCUT2D eigenvalue weighted by Gasteiger charge is 2.18. The van der Waals surface area contributed by atoms with Gasteiger partial charge >= 0.3 is 6.09 Å². The van der Waals surface area contributed by atoms with Gasteiger partial charge in [-0.3, -0.25) is 10.1 Å². The van der Waals surface area contributed by atoms with Gasteiger partial charge in [-0.05, 0) is 97.5 Å². The maximum Gasteiger partial charge on any atom is 0.412 e. The Morgan fingerprint density at radius 2 is 1.59 bits per heavy atom. The Bertz CT molecular complexity index is 1320. The SMILES string of the molecule is CC(C)(C)OC(=O)Nc1ccccc1NC(=O)C=Cc1ccn(S(=O)(=O)c2ccc(I)cc2)c1. The standard InChI is InChI=1S/C24H24IN3O5S/c1-24(2,3)33-23(30)27-21-7-5-4-6-20(21)26-22(29)13-8-17-14-15-28(16-17)34(31,32)19-11-9-18(25)10-12-19/h4-16H,1-3H3,(H,26,29)(H,27,30). The number of carbonyl (C=O) groups excluding carboxylic acids is 2. The number of carbonyl (C=O) groups is 2. The van der Waals surface area contributed by atoms with E-state index in [9.17, 15) is 18.0 Å². The van der Waals surface area contributed by atoms with Crippen molar-refractivity contribution in [3.05, 3.63) is 82.2 Å². The molecule has 8 nitrogen and oxygen atoms in total. The minimum absolute atomic E-state index is 0.172. The molecule has 0 saturated heterocycles. The van der Waals surface area contributed by atoms with Gasteiger partial charge in [0.2, 0.25) is 5.91 Å². The van der Waals surface area contributed by atoms with E-state index in [1.165, 1.54) is 24.5 Å². The lowest BCUT2D eigenvalue weighted by atomic mass is 10.2. The molecule has 0 atom stereocenters. The molecule has 0 fully saturated rings. The molecule has 0 bridgehead atoms. The number of anilines is 2. The van der Waals surface area contributed by atoms with Crippen LogP contribution in [0, 0.1) is 3.57 Å². The number of ether oxygens (including phenoxy) is 1. The summed E-state index contributed by atoms with van der Waals surface area (Å²) in [5.74, 6) is -0.452. The number of aromatic nitrogens is 1. The number of amides is 2. The molecule has 0 unspecified atom stereocenters. The van der Waals surface area contributed by atoms with E-state index in [1.807, 2.05) is 0 Å². The zero-order chi connectivity index (χ0) is 24.9. The van der Waals surface area contributed by atoms with E-state index in [0.29, 0.717) is 16.9 Å². The molecule has 3 aromatic rings. The summed E-state index contributed by atoms with van der Waals surface area (Å²) in [5.41, 5.74) is 0.646. The summed E-state index contributed by atoms with van der Waals surface area (Å²) < 4.78 is 32.8. The first-order valence-electron chi connectivity index (χ1n) is 10.2. The van der Waals surface area contributed by atoms with Gasteiger partial charge < -0.3 is 10.1 Å². The second kappa shape index (κ2) is 10.4. The topological polar surface area (TPSA) is 106 Å². The molecule has 0 radical (unpaired) electrons. The second-order valence-electron chi connectivity index (χ2n) is 8.23. The quantitative estimate of drug-likeness (QED) is 0.297. The maximum atomic E-state index is 12.8. The van der Waals surface area contributed by atoms with Crippen molar-refractivity contribution in [2.75, 3.05) is 10.6 Å². The molecule has 2 N–H and O–H groups in total. The van der Waals surface area contributed by atoms with Crippen molar-refractivity contribution in [1.29, 1.82) is 0 Å². The molecule has 10 heteroatoms. The number of hydrogen-bond donors (Lipinski definition) is 2. The Labute approximate surface area is 212 Å². The normalized spacial score (nSPS) is 11.9. The highest BCUT2D eigenvalue weighted by atomic mass is 127. The van der Waals surface area contributed by atoms with Gasteiger partial charge in [-0.2, -0.15) is 0 Å². The van der Waals surface area contributed by atoms with E-state index in [0.717, 1.165) is 7.54 Å². The van der Waals surface area contributed by atoms with Crippen molar-refractivity contribution >= 4 is 62.1 Å². The first-order valence-corrected chi connectivity index (χ1v) is 12.7. The van der Waals surface area contributed by atoms with Crippen LogP contribution in [0.1, 0.15) is 26.3 Å². The third-order valence-electron chi connectivity index (χ3n) is 4.33. The summed E-state index contributed by atoms with van der Waals surface area (Å²) in [6.07, 6.45) is 4.99. The number of nitrogens with one attached hydrogen (secondary N) is 2. The number of para-hydroxylation sites is 2. The van der Waals surface area contributed by atoms with Gasteiger partial charge in [-0.1, -0.05) is 12.1 Å². The molecule has 0 spiro atoms. The van der Waals surface area contributed by atoms with E-state index in [-0.39, 0.29) is 4.90 Å². The fourth-order valence-electron chi connectivity index (χ4n) is 2.83. The first-order chi connectivity index (χ1) is 15.9. The Balaban J connectivity index is 1.68. The zero-order valence-corrected chi connectivity index (χ0v) is 21.8. The van der Waals surface area contributed by atoms with Gasteiger partial charge in [0, 0.05) is 22.0 Å². The van der Waals surface area contributed by atoms with Crippen LogP contribution < -0.4 is 10.6 Å². The minimum Gasteiger partial charge on any atom is -0.444 e. The lowest BCUT2D eigenvalue weighted by Gasteiger charge is -2.20. The van der Waals surface area contributed by atoms with Crippen LogP contribution in [0.4, 0.5) is 16.2 Å². The van der Waals surface area contributed by atoms with E-state index in [4.69, 9.17) is 4.74 Å². The predicted molar refractivity (Wildman–Crippen MR) is 140 cm³/mol. The van der Waals surface area contributed by atoms with Crippen LogP contribution in [0.3, 0.4) is 0 Å². The van der Waals surface area contributed by atoms with Gasteiger partial charge in [0.1, 0.15) is 5.60 Å². The number of rotatable bonds is 6. The van der Waals surface area contributed by atoms with Crippen LogP contribution >= 0.6 is 22.6 Å². The molecule has 1 aromatic heterocycles. The van der Waals surface area contributed by atoms with Crippen molar-refractivity contribution in [3.63, 3.8) is 0 Å². The predicted octanol–water partition coefficient (Wildman–Crippen LogP) is 5.33. The summed E-state index contributed by atoms with van der Waals surface area (Å²) in [4.78, 5) is 24.7. The molecule has 3 rings (SSSR count). The molecular weight excluding hydrogens is 569 g/mol. The van der Waals surface area contributed by atoms with Crippen LogP contribution in [0.5, 0.6) is 0 Å². The molecule has 178 valence electrons. The molecule has 1 heterocycles. The highest BCUT2D eigenvalue weighted by molar-refractivity contribution is 14.1. The van der Waals surface area contributed by atoms with Gasteiger partial charge in [0.25, 0.3) is 10.0 Å². The van der Waals surface area contributed by atoms with E-state index in [2.05, 4.69) is 33.2 Å². The molecular formula is C24H24IN3O5S. The molecule has 0 aliphatic heterocycles. The number of nitrogens with zero attached hydrogens (tertiary/aromatic N) is 1. The number of hydrogen-bond acceptors (Lipinski definition) is 5. The third-order valence-corrected chi connectivity index (χ3v) is 6.70. The van der Waals surface area contributed by atoms with Crippen molar-refractivity contribution in [2.45, 2.75) is 31.3 Å². The zero-order valence-electron chi connectivity index (χ0n) is 18.8. The smallest absolute Gasteiger partial charge is 0.412 e. The Hall–Kier alpha value is -3.12. The van der Waals surface area contributed by atoms with Crippen LogP contribution in [0.25, 0.3) is 6.08 Å². The summed E-state index contributed by atoms with van der Waals surface area (Å²) >= 11 is 2.11. The third kappa shape index (κ3) is 6.94. The van der Waals surface area contributed by atoms with Crippen LogP contribution in [0.15, 0.2) is 78.0 Å². The summed E-state index contributed by atoms with van der Waals surface area (Å²) in [6, 6.07) is 14.8. The van der Waals surface area contributed by atoms with E-state index in [1.54, 1.807) is 75.4 Å². The summed E-state index contributed by atoms with van der Waals surface area (Å²) in [5, 5.41) is 5.31. The van der Waals surface area contributed by atoms with Gasteiger partial charge in [-0.15, -0.1) is 0 Å². The largest absolute Gasteiger partial charge is 0.444 e. The van der Waals surface area contributed by atoms with Crippen LogP contribution in [-0.4, -0.2) is 30.0 Å². The number of halogens is 1. The van der Waals surface area contributed by atoms with Crippen molar-refractivity contribution in [3.8, 4) is 0 Å². The average Bonchev–Trinajstić information content (AvgIpc) is 3.23. The van der Waals surface area contributed by atoms with Crippen molar-refractivity contribution in [2.24, 2.45) is 0 Å². The summed E-state index contributed by atoms with van der Waals surface area (Å²) in [7, 11) is -3.73. The molecule has 2 amide bonds. The van der Waals surface area contributed by atoms with Crippen LogP contribution in [-0.2, 0) is 19.6 Å². The average molecular weight is 593 g/mol. The highest BCUT2D eigenvalue weighted by Crippen LogP contribution is 2.22. The minimum atomic E-state index is -3.73. The monoisotopic (exact) mass is 593 g/mol. The maximum absolute atomic E-state index is 12.8. The fourth-order valence-corrected chi connectivity index (χ4v) is 4.39. The molecule has 34 heavy (non-hydrogen) atoms. The van der Waals surface area contributed by atoms with Crippen molar-refractivity contribution in [1.82, 2.24) is 3.97 Å². The molecule has 2 aromatic carbocycles. The molecule has 0 aliphatic carbocycles. The van der Waals surface area contributed by atoms with Gasteiger partial charge in [-0.25, -0.2) is 17.2 Å². The Morgan fingerprint density at radius 1 is 0.971 bits per heavy atom. The van der Waals surface area contributed by atoms with Crippen LogP contribution in [0.2, 0.25) is 0 Å². The Kier molecular flexibility index (Phi) is 7.82. The van der Waals surface area contributed by atoms with Crippen molar-refractivity contribution < 1.29 is 22.7 Å². The van der Waals surface area contributed by atoms with E-state index < -0.39 is 27.6 Å². The first kappa shape index (κ1) is 25.5.